The molecule has 0 aromatic carbocycles. The van der Waals surface area contributed by atoms with Crippen LogP contribution in [0.25, 0.3) is 5.57 Å². The average molecular weight is 463 g/mol. The van der Waals surface area contributed by atoms with Crippen molar-refractivity contribution in [1.29, 1.82) is 0 Å². The molecule has 3 aliphatic carbocycles. The van der Waals surface area contributed by atoms with Gasteiger partial charge in [-0.2, -0.15) is 0 Å². The van der Waals surface area contributed by atoms with Crippen molar-refractivity contribution in [2.45, 2.75) is 80.6 Å². The highest BCUT2D eigenvalue weighted by Crippen LogP contribution is 2.68. The van der Waals surface area contributed by atoms with Crippen LogP contribution in [0.1, 0.15) is 85.0 Å². The Morgan fingerprint density at radius 3 is 2.41 bits per heavy atom. The molecule has 0 bridgehead atoms. The summed E-state index contributed by atoms with van der Waals surface area (Å²) in [5.74, 6) is 1.80. The predicted octanol–water partition coefficient (Wildman–Crippen LogP) is 6.62. The second-order valence-electron chi connectivity index (χ2n) is 11.9. The topological polar surface area (TPSA) is 64.3 Å². The molecule has 0 spiro atoms. The Hall–Kier alpha value is -2.49. The van der Waals surface area contributed by atoms with Gasteiger partial charge in [-0.25, -0.2) is 4.79 Å². The van der Waals surface area contributed by atoms with E-state index in [-0.39, 0.29) is 33.6 Å². The van der Waals surface area contributed by atoms with Crippen molar-refractivity contribution in [3.8, 4) is 0 Å². The normalized spacial score (nSPS) is 34.9. The Kier molecular flexibility index (Phi) is 6.03. The highest BCUT2D eigenvalue weighted by molar-refractivity contribution is 6.01. The van der Waals surface area contributed by atoms with Crippen molar-refractivity contribution in [1.82, 2.24) is 0 Å². The molecule has 0 amide bonds. The molecule has 4 atom stereocenters. The van der Waals surface area contributed by atoms with E-state index < -0.39 is 0 Å². The molecule has 3 fully saturated rings. The third-order valence-corrected chi connectivity index (χ3v) is 9.52. The zero-order valence-electron chi connectivity index (χ0n) is 21.7. The summed E-state index contributed by atoms with van der Waals surface area (Å²) in [7, 11) is 0. The van der Waals surface area contributed by atoms with Gasteiger partial charge in [0.25, 0.3) is 0 Å². The minimum absolute atomic E-state index is 0.00525. The van der Waals surface area contributed by atoms with Gasteiger partial charge >= 0.3 is 5.63 Å². The fourth-order valence-corrected chi connectivity index (χ4v) is 7.58. The van der Waals surface area contributed by atoms with Crippen LogP contribution in [0.5, 0.6) is 0 Å². The molecular weight excluding hydrogens is 424 g/mol. The molecule has 1 aromatic rings. The van der Waals surface area contributed by atoms with E-state index in [1.54, 1.807) is 13.0 Å². The van der Waals surface area contributed by atoms with E-state index in [4.69, 9.17) is 4.42 Å². The lowest BCUT2D eigenvalue weighted by molar-refractivity contribution is -0.154. The van der Waals surface area contributed by atoms with Gasteiger partial charge in [-0.05, 0) is 80.6 Å². The number of aryl methyl sites for hydroxylation is 1. The molecule has 4 rings (SSSR count). The molecule has 1 aromatic heterocycles. The molecule has 34 heavy (non-hydrogen) atoms. The highest BCUT2D eigenvalue weighted by Gasteiger charge is 2.64. The number of ketones is 2. The van der Waals surface area contributed by atoms with Crippen molar-refractivity contribution < 1.29 is 14.0 Å². The number of rotatable bonds is 3. The average Bonchev–Trinajstić information content (AvgIpc) is 3.04. The fraction of sp³-hybridized carbons (Fsp3) is 0.567. The van der Waals surface area contributed by atoms with Gasteiger partial charge in [-0.1, -0.05) is 45.9 Å². The van der Waals surface area contributed by atoms with Gasteiger partial charge in [0, 0.05) is 34.8 Å². The second-order valence-corrected chi connectivity index (χ2v) is 11.9. The van der Waals surface area contributed by atoms with Crippen LogP contribution in [0, 0.1) is 35.0 Å². The zero-order chi connectivity index (χ0) is 25.1. The van der Waals surface area contributed by atoms with Crippen molar-refractivity contribution >= 4 is 17.1 Å². The van der Waals surface area contributed by atoms with E-state index in [1.165, 1.54) is 0 Å². The maximum absolute atomic E-state index is 13.4. The number of carbonyl (C=O) groups excluding carboxylic acids is 2. The van der Waals surface area contributed by atoms with Crippen molar-refractivity contribution in [2.24, 2.45) is 28.1 Å². The Morgan fingerprint density at radius 2 is 1.74 bits per heavy atom. The van der Waals surface area contributed by atoms with E-state index in [0.717, 1.165) is 36.0 Å². The summed E-state index contributed by atoms with van der Waals surface area (Å²) in [5, 5.41) is 0. The molecule has 182 valence electrons. The number of fused-ring (bicyclic) bond motifs is 3. The Labute approximate surface area is 203 Å². The van der Waals surface area contributed by atoms with Crippen molar-refractivity contribution in [3.63, 3.8) is 0 Å². The Balaban J connectivity index is 1.64. The fourth-order valence-electron chi connectivity index (χ4n) is 7.58. The van der Waals surface area contributed by atoms with Crippen LogP contribution in [0.3, 0.4) is 0 Å². The van der Waals surface area contributed by atoms with Gasteiger partial charge in [0.05, 0.1) is 0 Å². The first kappa shape index (κ1) is 24.6. The maximum atomic E-state index is 13.4. The van der Waals surface area contributed by atoms with Gasteiger partial charge in [0.1, 0.15) is 11.5 Å². The van der Waals surface area contributed by atoms with Crippen LogP contribution in [-0.2, 0) is 9.59 Å². The largest absolute Gasteiger partial charge is 0.423 e. The predicted molar refractivity (Wildman–Crippen MR) is 135 cm³/mol. The molecule has 0 unspecified atom stereocenters. The summed E-state index contributed by atoms with van der Waals surface area (Å²) in [6, 6.07) is 3.58. The summed E-state index contributed by atoms with van der Waals surface area (Å²) in [6.07, 6.45) is 9.90. The number of hydrogen-bond acceptors (Lipinski definition) is 4. The van der Waals surface area contributed by atoms with E-state index in [1.807, 2.05) is 38.1 Å². The third-order valence-electron chi connectivity index (χ3n) is 9.52. The quantitative estimate of drug-likeness (QED) is 0.374. The maximum Gasteiger partial charge on any atom is 0.339 e. The van der Waals surface area contributed by atoms with Crippen LogP contribution in [0.2, 0.25) is 0 Å². The third kappa shape index (κ3) is 3.70. The van der Waals surface area contributed by atoms with Crippen LogP contribution in [0.4, 0.5) is 0 Å². The lowest BCUT2D eigenvalue weighted by atomic mass is 9.43. The lowest BCUT2D eigenvalue weighted by Crippen LogP contribution is -2.56. The number of allylic oxidation sites excluding steroid dienone is 6. The van der Waals surface area contributed by atoms with Gasteiger partial charge in [-0.15, -0.1) is 0 Å². The molecule has 4 heteroatoms. The van der Waals surface area contributed by atoms with E-state index in [9.17, 15) is 14.4 Å². The van der Waals surface area contributed by atoms with Crippen LogP contribution in [0.15, 0.2) is 50.7 Å². The molecule has 3 saturated carbocycles. The van der Waals surface area contributed by atoms with Crippen LogP contribution in [-0.4, -0.2) is 11.6 Å². The van der Waals surface area contributed by atoms with Gasteiger partial charge in [0.2, 0.25) is 0 Å². The summed E-state index contributed by atoms with van der Waals surface area (Å²) in [4.78, 5) is 37.9. The first-order chi connectivity index (χ1) is 15.8. The van der Waals surface area contributed by atoms with Gasteiger partial charge in [-0.3, -0.25) is 9.59 Å². The second kappa shape index (κ2) is 8.32. The van der Waals surface area contributed by atoms with Crippen LogP contribution >= 0.6 is 0 Å². The van der Waals surface area contributed by atoms with Crippen LogP contribution < -0.4 is 5.63 Å². The summed E-state index contributed by atoms with van der Waals surface area (Å²) >= 11 is 0. The SMILES string of the molecule is CC(/C=C/C=C(\C)c1ccc(C)c(=O)o1)=C1/C(=O)C[C@@H]2[C@@]3(C)CCC(=O)C(C)(C)[C@@H]3CC[C@@]12C. The first-order valence-electron chi connectivity index (χ1n) is 12.6. The number of carbonyl (C=O) groups is 2. The van der Waals surface area contributed by atoms with Gasteiger partial charge < -0.3 is 4.42 Å². The Morgan fingerprint density at radius 1 is 1.03 bits per heavy atom. The molecule has 0 aliphatic heterocycles. The Bertz CT molecular complexity index is 1190. The molecule has 0 radical (unpaired) electrons. The lowest BCUT2D eigenvalue weighted by Gasteiger charge is -2.60. The molecule has 1 heterocycles. The van der Waals surface area contributed by atoms with Crippen molar-refractivity contribution in [3.05, 3.63) is 63.3 Å². The molecule has 0 saturated heterocycles. The van der Waals surface area contributed by atoms with E-state index in [2.05, 4.69) is 27.7 Å². The summed E-state index contributed by atoms with van der Waals surface area (Å²) < 4.78 is 5.37. The monoisotopic (exact) mass is 462 g/mol. The first-order valence-corrected chi connectivity index (χ1v) is 12.6. The number of Topliss-reactive ketones (excluding diaryl/α,β-unsaturated/α-hetero) is 2. The van der Waals surface area contributed by atoms with Crippen molar-refractivity contribution in [2.75, 3.05) is 0 Å². The smallest absolute Gasteiger partial charge is 0.339 e. The van der Waals surface area contributed by atoms with E-state index >= 15 is 0 Å². The molecule has 3 aliphatic rings. The summed E-state index contributed by atoms with van der Waals surface area (Å²) in [5.41, 5.74) is 2.64. The zero-order valence-corrected chi connectivity index (χ0v) is 21.7. The van der Waals surface area contributed by atoms with Gasteiger partial charge in [0.15, 0.2) is 5.78 Å². The minimum Gasteiger partial charge on any atom is -0.423 e. The molecular formula is C30H38O4. The molecule has 4 nitrogen and oxygen atoms in total. The number of hydrogen-bond donors (Lipinski definition) is 0. The summed E-state index contributed by atoms with van der Waals surface area (Å²) in [6.45, 7) is 14.5. The highest BCUT2D eigenvalue weighted by atomic mass is 16.4. The standard InChI is InChI=1S/C30H38O4/c1-18(22-12-11-20(3)27(33)34-22)9-8-10-19(2)26-21(31)17-24-29(6)16-14-25(32)28(4,5)23(29)13-15-30(24,26)7/h8-12,23-24H,13-17H2,1-7H3/b10-8+,18-9+,26-19+/t23-,24+,29-,30+/m0/s1. The minimum atomic E-state index is -0.320. The van der Waals surface area contributed by atoms with E-state index in [0.29, 0.717) is 35.9 Å². The molecule has 0 N–H and O–H groups in total.